The lowest BCUT2D eigenvalue weighted by atomic mass is 10.1. The highest BCUT2D eigenvalue weighted by molar-refractivity contribution is 9.10. The summed E-state index contributed by atoms with van der Waals surface area (Å²) in [5.74, 6) is 0.791. The molecular weight excluding hydrogens is 442 g/mol. The Hall–Kier alpha value is -1.86. The van der Waals surface area contributed by atoms with Crippen LogP contribution in [0.25, 0.3) is 0 Å². The first-order valence-corrected chi connectivity index (χ1v) is 12.0. The van der Waals surface area contributed by atoms with Crippen LogP contribution in [0.2, 0.25) is 0 Å². The lowest BCUT2D eigenvalue weighted by Gasteiger charge is -2.28. The van der Waals surface area contributed by atoms with E-state index in [1.165, 1.54) is 0 Å². The van der Waals surface area contributed by atoms with E-state index < -0.39 is 9.84 Å². The molecule has 1 aliphatic rings. The maximum atomic E-state index is 13.2. The third-order valence-electron chi connectivity index (χ3n) is 4.75. The van der Waals surface area contributed by atoms with Crippen LogP contribution in [-0.4, -0.2) is 43.4 Å². The number of hydrogen-bond donors (Lipinski definition) is 0. The number of amides is 1. The number of hydrogen-bond acceptors (Lipinski definition) is 4. The molecule has 150 valence electrons. The number of carbonyl (C=O) groups excluding carboxylic acids is 1. The van der Waals surface area contributed by atoms with Gasteiger partial charge in [-0.3, -0.25) is 4.79 Å². The largest absolute Gasteiger partial charge is 0.494 e. The summed E-state index contributed by atoms with van der Waals surface area (Å²) >= 11 is 3.38. The minimum absolute atomic E-state index is 0.0208. The maximum absolute atomic E-state index is 13.2. The van der Waals surface area contributed by atoms with Crippen molar-refractivity contribution in [3.63, 3.8) is 0 Å². The van der Waals surface area contributed by atoms with E-state index in [9.17, 15) is 13.2 Å². The summed E-state index contributed by atoms with van der Waals surface area (Å²) in [6.07, 6.45) is 1.41. The summed E-state index contributed by atoms with van der Waals surface area (Å²) in [7, 11) is -3.09. The molecule has 0 spiro atoms. The van der Waals surface area contributed by atoms with Crippen LogP contribution in [0.15, 0.2) is 53.0 Å². The number of carbonyl (C=O) groups is 1. The Bertz CT molecular complexity index is 910. The summed E-state index contributed by atoms with van der Waals surface area (Å²) in [4.78, 5) is 14.8. The highest BCUT2D eigenvalue weighted by Gasteiger charge is 2.35. The summed E-state index contributed by atoms with van der Waals surface area (Å²) in [6.45, 7) is 3.08. The number of nitrogens with zero attached hydrogens (tertiary/aromatic N) is 1. The van der Waals surface area contributed by atoms with Crippen molar-refractivity contribution in [3.8, 4) is 5.75 Å². The number of ether oxygens (including phenoxy) is 1. The fraction of sp³-hybridized carbons (Fsp3) is 0.381. The molecule has 7 heteroatoms. The zero-order chi connectivity index (χ0) is 20.1. The number of sulfone groups is 1. The Kier molecular flexibility index (Phi) is 6.78. The lowest BCUT2D eigenvalue weighted by Crippen LogP contribution is -2.40. The van der Waals surface area contributed by atoms with Gasteiger partial charge in [0, 0.05) is 22.6 Å². The van der Waals surface area contributed by atoms with Crippen LogP contribution in [0.3, 0.4) is 0 Å². The molecule has 1 amide bonds. The third kappa shape index (κ3) is 5.35. The van der Waals surface area contributed by atoms with E-state index >= 15 is 0 Å². The Balaban J connectivity index is 1.82. The van der Waals surface area contributed by atoms with Crippen LogP contribution in [0, 0.1) is 0 Å². The van der Waals surface area contributed by atoms with Crippen molar-refractivity contribution in [2.45, 2.75) is 32.4 Å². The Morgan fingerprint density at radius 3 is 2.39 bits per heavy atom. The summed E-state index contributed by atoms with van der Waals surface area (Å²) < 4.78 is 30.5. The highest BCUT2D eigenvalue weighted by atomic mass is 79.9. The Morgan fingerprint density at radius 2 is 1.82 bits per heavy atom. The SMILES string of the molecule is CCCOc1ccc(CN(C(=O)c2ccc(Br)cc2)C2CCS(=O)(=O)C2)cc1. The van der Waals surface area contributed by atoms with Gasteiger partial charge in [0.05, 0.1) is 18.1 Å². The van der Waals surface area contributed by atoms with E-state index in [1.807, 2.05) is 36.4 Å². The number of rotatable bonds is 7. The van der Waals surface area contributed by atoms with E-state index in [4.69, 9.17) is 4.74 Å². The predicted molar refractivity (Wildman–Crippen MR) is 113 cm³/mol. The zero-order valence-corrected chi connectivity index (χ0v) is 18.2. The van der Waals surface area contributed by atoms with Crippen molar-refractivity contribution in [3.05, 3.63) is 64.1 Å². The Labute approximate surface area is 174 Å². The predicted octanol–water partition coefficient (Wildman–Crippen LogP) is 4.07. The Morgan fingerprint density at radius 1 is 1.14 bits per heavy atom. The average Bonchev–Trinajstić information content (AvgIpc) is 3.05. The van der Waals surface area contributed by atoms with Gasteiger partial charge in [-0.1, -0.05) is 35.0 Å². The van der Waals surface area contributed by atoms with Gasteiger partial charge in [-0.05, 0) is 54.8 Å². The second kappa shape index (κ2) is 9.09. The molecule has 1 saturated heterocycles. The minimum Gasteiger partial charge on any atom is -0.494 e. The number of benzene rings is 2. The molecule has 0 aliphatic carbocycles. The molecule has 0 aromatic heterocycles. The second-order valence-electron chi connectivity index (χ2n) is 6.99. The van der Waals surface area contributed by atoms with Gasteiger partial charge in [-0.2, -0.15) is 0 Å². The van der Waals surface area contributed by atoms with Crippen molar-refractivity contribution in [1.29, 1.82) is 0 Å². The molecule has 0 bridgehead atoms. The molecule has 0 N–H and O–H groups in total. The fourth-order valence-corrected chi connectivity index (χ4v) is 5.25. The molecule has 1 fully saturated rings. The summed E-state index contributed by atoms with van der Waals surface area (Å²) in [5, 5.41) is 0. The van der Waals surface area contributed by atoms with Crippen LogP contribution in [0.1, 0.15) is 35.7 Å². The molecule has 2 aromatic rings. The molecule has 28 heavy (non-hydrogen) atoms. The van der Waals surface area contributed by atoms with Crippen LogP contribution >= 0.6 is 15.9 Å². The molecule has 5 nitrogen and oxygen atoms in total. The van der Waals surface area contributed by atoms with Crippen molar-refractivity contribution >= 4 is 31.7 Å². The van der Waals surface area contributed by atoms with Gasteiger partial charge in [-0.15, -0.1) is 0 Å². The quantitative estimate of drug-likeness (QED) is 0.617. The van der Waals surface area contributed by atoms with Crippen molar-refractivity contribution in [2.75, 3.05) is 18.1 Å². The van der Waals surface area contributed by atoms with E-state index in [2.05, 4.69) is 22.9 Å². The first-order chi connectivity index (χ1) is 13.4. The van der Waals surface area contributed by atoms with Gasteiger partial charge in [0.15, 0.2) is 9.84 Å². The first kappa shape index (κ1) is 20.9. The molecule has 0 saturated carbocycles. The molecule has 1 aliphatic heterocycles. The maximum Gasteiger partial charge on any atom is 0.254 e. The van der Waals surface area contributed by atoms with Crippen LogP contribution in [-0.2, 0) is 16.4 Å². The topological polar surface area (TPSA) is 63.7 Å². The van der Waals surface area contributed by atoms with E-state index in [-0.39, 0.29) is 23.5 Å². The molecule has 2 aromatic carbocycles. The van der Waals surface area contributed by atoms with E-state index in [0.717, 1.165) is 22.2 Å². The smallest absolute Gasteiger partial charge is 0.254 e. The van der Waals surface area contributed by atoms with Crippen LogP contribution in [0.4, 0.5) is 0 Å². The first-order valence-electron chi connectivity index (χ1n) is 9.36. The van der Waals surface area contributed by atoms with Gasteiger partial charge < -0.3 is 9.64 Å². The monoisotopic (exact) mass is 465 g/mol. The average molecular weight is 466 g/mol. The highest BCUT2D eigenvalue weighted by Crippen LogP contribution is 2.24. The fourth-order valence-electron chi connectivity index (χ4n) is 3.25. The second-order valence-corrected chi connectivity index (χ2v) is 10.1. The molecule has 1 unspecified atom stereocenters. The van der Waals surface area contributed by atoms with Gasteiger partial charge >= 0.3 is 0 Å². The van der Waals surface area contributed by atoms with Crippen LogP contribution < -0.4 is 4.74 Å². The zero-order valence-electron chi connectivity index (χ0n) is 15.8. The van der Waals surface area contributed by atoms with Gasteiger partial charge in [0.25, 0.3) is 5.91 Å². The molecule has 3 rings (SSSR count). The van der Waals surface area contributed by atoms with E-state index in [0.29, 0.717) is 25.1 Å². The third-order valence-corrected chi connectivity index (χ3v) is 7.03. The minimum atomic E-state index is -3.09. The van der Waals surface area contributed by atoms with Crippen molar-refractivity contribution < 1.29 is 17.9 Å². The van der Waals surface area contributed by atoms with Gasteiger partial charge in [-0.25, -0.2) is 8.42 Å². The van der Waals surface area contributed by atoms with Crippen LogP contribution in [0.5, 0.6) is 5.75 Å². The molecular formula is C21H24BrNO4S. The van der Waals surface area contributed by atoms with Gasteiger partial charge in [0.1, 0.15) is 5.75 Å². The number of halogens is 1. The molecule has 1 atom stereocenters. The van der Waals surface area contributed by atoms with Crippen molar-refractivity contribution in [1.82, 2.24) is 4.90 Å². The molecule has 1 heterocycles. The van der Waals surface area contributed by atoms with Crippen molar-refractivity contribution in [2.24, 2.45) is 0 Å². The molecule has 0 radical (unpaired) electrons. The normalized spacial score (nSPS) is 18.0. The summed E-state index contributed by atoms with van der Waals surface area (Å²) in [5.41, 5.74) is 1.49. The lowest BCUT2D eigenvalue weighted by molar-refractivity contribution is 0.0681. The standard InChI is InChI=1S/C21H24BrNO4S/c1-2-12-27-20-9-3-16(4-10-20)14-23(19-11-13-28(25,26)15-19)21(24)17-5-7-18(22)8-6-17/h3-10,19H,2,11-15H2,1H3. The summed E-state index contributed by atoms with van der Waals surface area (Å²) in [6, 6.07) is 14.5. The van der Waals surface area contributed by atoms with Gasteiger partial charge in [0.2, 0.25) is 0 Å². The van der Waals surface area contributed by atoms with E-state index in [1.54, 1.807) is 17.0 Å².